The highest BCUT2D eigenvalue weighted by molar-refractivity contribution is 6.28. The maximum absolute atomic E-state index is 14.3. The molecule has 2 aliphatic heterocycles. The van der Waals surface area contributed by atoms with E-state index in [9.17, 15) is 44.8 Å². The first-order valence-electron chi connectivity index (χ1n) is 13.5. The average molecular weight is 591 g/mol. The number of para-hydroxylation sites is 4. The van der Waals surface area contributed by atoms with Crippen LogP contribution in [0.3, 0.4) is 0 Å². The van der Waals surface area contributed by atoms with Crippen LogP contribution in [0.1, 0.15) is 20.8 Å². The molecule has 2 saturated heterocycles. The number of esters is 1. The van der Waals surface area contributed by atoms with E-state index in [2.05, 4.69) is 0 Å². The zero-order valence-electron chi connectivity index (χ0n) is 23.2. The molecular weight excluding hydrogens is 564 g/mol. The quantitative estimate of drug-likeness (QED) is 0.284. The summed E-state index contributed by atoms with van der Waals surface area (Å²) in [5.41, 5.74) is -2.56. The molecule has 14 nitrogen and oxygen atoms in total. The van der Waals surface area contributed by atoms with Gasteiger partial charge in [0, 0.05) is 16.9 Å². The first-order chi connectivity index (χ1) is 20.4. The monoisotopic (exact) mass is 590 g/mol. The molecule has 224 valence electrons. The summed E-state index contributed by atoms with van der Waals surface area (Å²) >= 11 is 0. The summed E-state index contributed by atoms with van der Waals surface area (Å²) < 4.78 is 5.34. The van der Waals surface area contributed by atoms with E-state index in [1.807, 2.05) is 0 Å². The topological polar surface area (TPSA) is 194 Å². The lowest BCUT2D eigenvalue weighted by Crippen LogP contribution is -2.61. The van der Waals surface area contributed by atoms with Gasteiger partial charge in [-0.05, 0) is 38.1 Å². The molecule has 2 bridgehead atoms. The van der Waals surface area contributed by atoms with Crippen molar-refractivity contribution in [3.05, 3.63) is 70.1 Å². The van der Waals surface area contributed by atoms with Crippen molar-refractivity contribution in [3.8, 4) is 0 Å². The van der Waals surface area contributed by atoms with Crippen molar-refractivity contribution >= 4 is 52.3 Å². The van der Waals surface area contributed by atoms with Crippen LogP contribution in [-0.4, -0.2) is 46.6 Å². The number of hydrogen-bond donors (Lipinski definition) is 2. The Bertz CT molecular complexity index is 1540. The van der Waals surface area contributed by atoms with Crippen molar-refractivity contribution in [3.63, 3.8) is 0 Å². The van der Waals surface area contributed by atoms with Gasteiger partial charge in [-0.2, -0.15) is 0 Å². The second-order valence-corrected chi connectivity index (χ2v) is 11.1. The van der Waals surface area contributed by atoms with Gasteiger partial charge in [0.25, 0.3) is 0 Å². The van der Waals surface area contributed by atoms with E-state index in [4.69, 9.17) is 4.74 Å². The number of benzene rings is 2. The van der Waals surface area contributed by atoms with E-state index in [0.717, 1.165) is 9.80 Å². The molecule has 4 amide bonds. The zero-order chi connectivity index (χ0) is 31.1. The van der Waals surface area contributed by atoms with Crippen LogP contribution in [0.15, 0.2) is 59.7 Å². The van der Waals surface area contributed by atoms with Gasteiger partial charge in [0.15, 0.2) is 0 Å². The lowest BCUT2D eigenvalue weighted by molar-refractivity contribution is -0.155. The number of carbonyl (C=O) groups excluding carboxylic acids is 5. The van der Waals surface area contributed by atoms with Gasteiger partial charge in [-0.15, -0.1) is 0 Å². The highest BCUT2D eigenvalue weighted by atomic mass is 16.8. The number of rotatable bonds is 6. The first-order valence-corrected chi connectivity index (χ1v) is 13.5. The van der Waals surface area contributed by atoms with Crippen molar-refractivity contribution in [2.75, 3.05) is 26.9 Å². The van der Waals surface area contributed by atoms with E-state index in [-0.39, 0.29) is 34.9 Å². The number of carbonyl (C=O) groups is 5. The molecule has 2 aromatic rings. The Morgan fingerprint density at radius 1 is 0.814 bits per heavy atom. The molecule has 0 spiro atoms. The normalized spacial score (nSPS) is 29.3. The van der Waals surface area contributed by atoms with Crippen LogP contribution in [0.2, 0.25) is 0 Å². The van der Waals surface area contributed by atoms with Gasteiger partial charge in [-0.1, -0.05) is 36.8 Å². The van der Waals surface area contributed by atoms with Gasteiger partial charge in [0.05, 0.1) is 53.0 Å². The molecule has 5 aliphatic rings. The van der Waals surface area contributed by atoms with Crippen LogP contribution >= 0.6 is 0 Å². The van der Waals surface area contributed by atoms with Gasteiger partial charge < -0.3 is 25.6 Å². The highest BCUT2D eigenvalue weighted by Crippen LogP contribution is 2.69. The number of imide groups is 2. The van der Waals surface area contributed by atoms with Crippen molar-refractivity contribution in [1.29, 1.82) is 0 Å². The van der Waals surface area contributed by atoms with Crippen LogP contribution in [0, 0.1) is 45.4 Å². The summed E-state index contributed by atoms with van der Waals surface area (Å²) in [6, 6.07) is 10.8. The number of amides is 4. The number of ether oxygens (including phenoxy) is 1. The fourth-order valence-corrected chi connectivity index (χ4v) is 7.91. The average Bonchev–Trinajstić information content (AvgIpc) is 3.39. The Morgan fingerprint density at radius 3 is 1.63 bits per heavy atom. The van der Waals surface area contributed by atoms with Crippen LogP contribution in [0.25, 0.3) is 0 Å². The van der Waals surface area contributed by atoms with Crippen LogP contribution < -0.4 is 20.3 Å². The van der Waals surface area contributed by atoms with Crippen molar-refractivity contribution in [2.24, 2.45) is 35.0 Å². The molecule has 2 aromatic carbocycles. The third-order valence-electron chi connectivity index (χ3n) is 9.34. The zero-order valence-corrected chi connectivity index (χ0v) is 23.2. The number of hydrogen-bond acceptors (Lipinski definition) is 12. The fraction of sp³-hybridized carbons (Fsp3) is 0.345. The summed E-state index contributed by atoms with van der Waals surface area (Å²) in [5.74, 6) is -10.1. The predicted molar refractivity (Wildman–Crippen MR) is 148 cm³/mol. The Kier molecular flexibility index (Phi) is 6.43. The van der Waals surface area contributed by atoms with Crippen LogP contribution in [0.4, 0.5) is 22.7 Å². The molecule has 0 aromatic heterocycles. The van der Waals surface area contributed by atoms with E-state index in [1.54, 1.807) is 13.8 Å². The van der Waals surface area contributed by atoms with Gasteiger partial charge in [-0.25, -0.2) is 14.6 Å². The number of nitrogens with zero attached hydrogens (tertiary/aromatic N) is 4. The highest BCUT2D eigenvalue weighted by Gasteiger charge is 2.77. The van der Waals surface area contributed by atoms with Gasteiger partial charge >= 0.3 is 5.97 Å². The largest absolute Gasteiger partial charge is 0.733 e. The molecule has 3 fully saturated rings. The molecule has 7 rings (SSSR count). The summed E-state index contributed by atoms with van der Waals surface area (Å²) in [6.45, 7) is 4.60. The Balaban J connectivity index is 1.56. The molecular formula is C29H26N4O10-2. The minimum absolute atomic E-state index is 0.00893. The van der Waals surface area contributed by atoms with E-state index in [1.165, 1.54) is 55.5 Å². The van der Waals surface area contributed by atoms with Crippen LogP contribution in [0.5, 0.6) is 0 Å². The molecule has 43 heavy (non-hydrogen) atoms. The first kappa shape index (κ1) is 28.5. The van der Waals surface area contributed by atoms with Crippen molar-refractivity contribution in [2.45, 2.75) is 20.8 Å². The standard InChI is InChI=1S/C29H26N4O10/c1-4-43-28(38)21-13(2)18-19-22(26(36)30(24(19)34)14-9-5-7-11-16(14)32(39)40)29(21,3)23-20(18)25(35)31(27(23)37)15-10-6-8-12-17(15)33(41)42/h5-12,18-20,22-23,39,41H,4H2,1-3H3/q-2/t18?,19-,20-,22-,23+,29?/m0/s1. The Morgan fingerprint density at radius 2 is 1.23 bits per heavy atom. The lowest BCUT2D eigenvalue weighted by Gasteiger charge is -2.55. The molecule has 0 radical (unpaired) electrons. The van der Waals surface area contributed by atoms with Crippen molar-refractivity contribution < 1.29 is 39.1 Å². The second-order valence-electron chi connectivity index (χ2n) is 11.1. The molecule has 1 saturated carbocycles. The third kappa shape index (κ3) is 3.57. The maximum atomic E-state index is 14.3. The number of anilines is 4. The molecule has 6 atom stereocenters. The summed E-state index contributed by atoms with van der Waals surface area (Å²) in [6.07, 6.45) is 0. The minimum Gasteiger partial charge on any atom is -0.733 e. The summed E-state index contributed by atoms with van der Waals surface area (Å²) in [4.78, 5) is 71.8. The lowest BCUT2D eigenvalue weighted by atomic mass is 9.43. The van der Waals surface area contributed by atoms with Gasteiger partial charge in [0.2, 0.25) is 23.6 Å². The fourth-order valence-electron chi connectivity index (χ4n) is 7.91. The molecule has 3 aliphatic carbocycles. The maximum Gasteiger partial charge on any atom is 0.334 e. The minimum atomic E-state index is -1.74. The van der Waals surface area contributed by atoms with E-state index < -0.39 is 75.1 Å². The van der Waals surface area contributed by atoms with Gasteiger partial charge in [-0.3, -0.25) is 29.6 Å². The number of allylic oxidation sites excluding steroid dienone is 1. The second kappa shape index (κ2) is 9.70. The van der Waals surface area contributed by atoms with Gasteiger partial charge in [0.1, 0.15) is 0 Å². The molecule has 2 N–H and O–H groups in total. The predicted octanol–water partition coefficient (Wildman–Crippen LogP) is 2.51. The van der Waals surface area contributed by atoms with Crippen LogP contribution in [-0.2, 0) is 28.7 Å². The summed E-state index contributed by atoms with van der Waals surface area (Å²) in [5, 5.41) is 42.3. The Hall–Kier alpha value is -4.63. The molecule has 2 unspecified atom stereocenters. The van der Waals surface area contributed by atoms with Crippen molar-refractivity contribution in [1.82, 2.24) is 0 Å². The summed E-state index contributed by atoms with van der Waals surface area (Å²) in [7, 11) is 0. The third-order valence-corrected chi connectivity index (χ3v) is 9.34. The molecule has 2 heterocycles. The SMILES string of the molecule is CCOC(=O)C1=C(C)C2[C@@H]3C(=O)N(c4ccccc4N([O-])O)C(=O)[C@H]3C1(C)[C@H]1C(=O)N(c3ccccc3N([O-])O)C(=O)[C@@H]21. The van der Waals surface area contributed by atoms with E-state index in [0.29, 0.717) is 5.57 Å². The molecule has 14 heteroatoms. The Labute approximate surface area is 244 Å². The smallest absolute Gasteiger partial charge is 0.334 e. The van der Waals surface area contributed by atoms with E-state index >= 15 is 0 Å².